The Morgan fingerprint density at radius 3 is 2.47 bits per heavy atom. The summed E-state index contributed by atoms with van der Waals surface area (Å²) >= 11 is 0. The number of carbonyl (C=O) groups is 1. The van der Waals surface area contributed by atoms with Crippen LogP contribution in [0.5, 0.6) is 0 Å². The monoisotopic (exact) mass is 250 g/mol. The lowest BCUT2D eigenvalue weighted by molar-refractivity contribution is -0.253. The zero-order chi connectivity index (χ0) is 13.2. The van der Waals surface area contributed by atoms with Crippen LogP contribution in [0.2, 0.25) is 0 Å². The van der Waals surface area contributed by atoms with Gasteiger partial charge in [0, 0.05) is 0 Å². The molecule has 17 heavy (non-hydrogen) atoms. The Labute approximate surface area is 98.0 Å². The number of aliphatic hydroxyl groups is 4. The van der Waals surface area contributed by atoms with Crippen LogP contribution in [0.15, 0.2) is 0 Å². The van der Waals surface area contributed by atoms with Crippen LogP contribution in [0.3, 0.4) is 0 Å². The third-order valence-electron chi connectivity index (χ3n) is 2.62. The van der Waals surface area contributed by atoms with Gasteiger partial charge in [-0.3, -0.25) is 4.79 Å². The lowest BCUT2D eigenvalue weighted by Gasteiger charge is -2.40. The molecule has 2 unspecified atom stereocenters. The minimum Gasteiger partial charge on any atom is -0.394 e. The Kier molecular flexibility index (Phi) is 4.80. The summed E-state index contributed by atoms with van der Waals surface area (Å²) in [5, 5.41) is 39.9. The van der Waals surface area contributed by atoms with Crippen LogP contribution in [0.4, 0.5) is 0 Å². The number of rotatable bonds is 3. The smallest absolute Gasteiger partial charge is 0.237 e. The molecule has 0 aromatic heterocycles. The second kappa shape index (κ2) is 5.71. The van der Waals surface area contributed by atoms with E-state index in [1.807, 2.05) is 0 Å². The van der Waals surface area contributed by atoms with E-state index < -0.39 is 49.2 Å². The lowest BCUT2D eigenvalue weighted by Crippen LogP contribution is -2.65. The Morgan fingerprint density at radius 1 is 1.41 bits per heavy atom. The molecule has 0 aromatic carbocycles. The van der Waals surface area contributed by atoms with Crippen LogP contribution in [0.1, 0.15) is 6.92 Å². The second-order valence-electron chi connectivity index (χ2n) is 4.05. The predicted molar refractivity (Wildman–Crippen MR) is 55.6 cm³/mol. The van der Waals surface area contributed by atoms with Gasteiger partial charge in [-0.2, -0.15) is 0 Å². The first kappa shape index (κ1) is 14.3. The zero-order valence-electron chi connectivity index (χ0n) is 9.35. The lowest BCUT2D eigenvalue weighted by atomic mass is 9.97. The van der Waals surface area contributed by atoms with E-state index in [0.29, 0.717) is 0 Å². The molecule has 8 heteroatoms. The van der Waals surface area contributed by atoms with Gasteiger partial charge in [-0.25, -0.2) is 0 Å². The average Bonchev–Trinajstić information content (AvgIpc) is 2.28. The number of nitrogens with one attached hydrogen (secondary N) is 1. The maximum absolute atomic E-state index is 11.3. The number of ether oxygens (including phenoxy) is 1. The summed E-state index contributed by atoms with van der Waals surface area (Å²) in [5.74, 6) is -0.591. The van der Waals surface area contributed by atoms with Crippen molar-refractivity contribution in [3.63, 3.8) is 0 Å². The van der Waals surface area contributed by atoms with E-state index >= 15 is 0 Å². The average molecular weight is 250 g/mol. The fourth-order valence-corrected chi connectivity index (χ4v) is 1.55. The minimum atomic E-state index is -1.52. The van der Waals surface area contributed by atoms with Gasteiger partial charge in [-0.1, -0.05) is 0 Å². The van der Waals surface area contributed by atoms with Gasteiger partial charge < -0.3 is 36.2 Å². The van der Waals surface area contributed by atoms with Crippen LogP contribution < -0.4 is 11.1 Å². The van der Waals surface area contributed by atoms with Crippen molar-refractivity contribution in [1.29, 1.82) is 0 Å². The summed E-state index contributed by atoms with van der Waals surface area (Å²) in [5.41, 5.74) is 5.31. The van der Waals surface area contributed by atoms with Crippen LogP contribution in [0.25, 0.3) is 0 Å². The number of aliphatic hydroxyl groups excluding tert-OH is 4. The number of nitrogens with two attached hydrogens (primary N) is 1. The van der Waals surface area contributed by atoms with Crippen molar-refractivity contribution >= 4 is 5.91 Å². The van der Waals surface area contributed by atoms with Crippen molar-refractivity contribution in [2.75, 3.05) is 6.61 Å². The van der Waals surface area contributed by atoms with Crippen molar-refractivity contribution in [3.8, 4) is 0 Å². The SMILES string of the molecule is C[C@H](N)C(=O)NC1[C@H](O)OC(CO)[C@@H](O)[C@H]1O. The fraction of sp³-hybridized carbons (Fsp3) is 0.889. The summed E-state index contributed by atoms with van der Waals surface area (Å²) in [6, 6.07) is -2.01. The van der Waals surface area contributed by atoms with Gasteiger partial charge in [0.1, 0.15) is 24.4 Å². The standard InChI is InChI=1S/C9H18N2O6/c1-3(10)8(15)11-5-7(14)6(13)4(2-12)17-9(5)16/h3-7,9,12-14,16H,2,10H2,1H3,(H,11,15)/t3-,4?,5?,6+,7-,9+/m0/s1. The van der Waals surface area contributed by atoms with Gasteiger partial charge in [0.25, 0.3) is 0 Å². The van der Waals surface area contributed by atoms with Gasteiger partial charge in [-0.05, 0) is 6.92 Å². The van der Waals surface area contributed by atoms with Gasteiger partial charge in [0.05, 0.1) is 12.6 Å². The summed E-state index contributed by atoms with van der Waals surface area (Å²) in [4.78, 5) is 11.3. The Morgan fingerprint density at radius 2 is 2.00 bits per heavy atom. The molecular formula is C9H18N2O6. The van der Waals surface area contributed by atoms with Gasteiger partial charge >= 0.3 is 0 Å². The van der Waals surface area contributed by atoms with E-state index in [9.17, 15) is 20.1 Å². The Bertz CT molecular complexity index is 274. The highest BCUT2D eigenvalue weighted by atomic mass is 16.6. The van der Waals surface area contributed by atoms with Crippen molar-refractivity contribution in [2.24, 2.45) is 5.73 Å². The highest BCUT2D eigenvalue weighted by molar-refractivity contribution is 5.81. The van der Waals surface area contributed by atoms with Crippen molar-refractivity contribution < 1.29 is 30.0 Å². The molecule has 1 aliphatic heterocycles. The maximum atomic E-state index is 11.3. The second-order valence-corrected chi connectivity index (χ2v) is 4.05. The molecule has 1 amide bonds. The van der Waals surface area contributed by atoms with E-state index in [4.69, 9.17) is 15.6 Å². The molecule has 0 saturated carbocycles. The maximum Gasteiger partial charge on any atom is 0.237 e. The molecule has 100 valence electrons. The van der Waals surface area contributed by atoms with Crippen LogP contribution in [-0.4, -0.2) is 69.6 Å². The number of carbonyl (C=O) groups excluding carboxylic acids is 1. The van der Waals surface area contributed by atoms with Crippen molar-refractivity contribution in [1.82, 2.24) is 5.32 Å². The molecule has 0 aliphatic carbocycles. The summed E-state index contributed by atoms with van der Waals surface area (Å²) in [7, 11) is 0. The van der Waals surface area contributed by atoms with E-state index in [0.717, 1.165) is 0 Å². The van der Waals surface area contributed by atoms with E-state index in [2.05, 4.69) is 5.32 Å². The molecule has 7 N–H and O–H groups in total. The predicted octanol–water partition coefficient (Wildman–Crippen LogP) is -3.75. The highest BCUT2D eigenvalue weighted by Gasteiger charge is 2.44. The molecule has 8 nitrogen and oxygen atoms in total. The van der Waals surface area contributed by atoms with Gasteiger partial charge in [-0.15, -0.1) is 0 Å². The van der Waals surface area contributed by atoms with Crippen LogP contribution in [-0.2, 0) is 9.53 Å². The van der Waals surface area contributed by atoms with E-state index in [1.54, 1.807) is 0 Å². The first-order valence-electron chi connectivity index (χ1n) is 5.25. The Balaban J connectivity index is 2.69. The van der Waals surface area contributed by atoms with Gasteiger partial charge in [0.15, 0.2) is 6.29 Å². The first-order valence-corrected chi connectivity index (χ1v) is 5.25. The fourth-order valence-electron chi connectivity index (χ4n) is 1.55. The highest BCUT2D eigenvalue weighted by Crippen LogP contribution is 2.19. The van der Waals surface area contributed by atoms with Crippen molar-refractivity contribution in [3.05, 3.63) is 0 Å². The summed E-state index contributed by atoms with van der Waals surface area (Å²) < 4.78 is 4.85. The molecule has 1 heterocycles. The molecule has 0 radical (unpaired) electrons. The van der Waals surface area contributed by atoms with E-state index in [1.165, 1.54) is 6.92 Å². The van der Waals surface area contributed by atoms with Crippen LogP contribution >= 0.6 is 0 Å². The minimum absolute atomic E-state index is 0.552. The topological polar surface area (TPSA) is 145 Å². The third kappa shape index (κ3) is 3.12. The molecule has 0 aromatic rings. The molecule has 0 spiro atoms. The van der Waals surface area contributed by atoms with Crippen LogP contribution in [0, 0.1) is 0 Å². The first-order chi connectivity index (χ1) is 7.88. The van der Waals surface area contributed by atoms with Gasteiger partial charge in [0.2, 0.25) is 5.91 Å². The molecule has 0 bridgehead atoms. The Hall–Kier alpha value is -0.770. The summed E-state index contributed by atoms with van der Waals surface area (Å²) in [6.45, 7) is 0.883. The molecule has 1 fully saturated rings. The third-order valence-corrected chi connectivity index (χ3v) is 2.62. The van der Waals surface area contributed by atoms with Crippen molar-refractivity contribution in [2.45, 2.75) is 43.6 Å². The molecular weight excluding hydrogens is 232 g/mol. The van der Waals surface area contributed by atoms with E-state index in [-0.39, 0.29) is 0 Å². The quantitative estimate of drug-likeness (QED) is 0.302. The molecule has 1 aliphatic rings. The normalized spacial score (nSPS) is 39.8. The molecule has 1 rings (SSSR count). The number of hydrogen-bond donors (Lipinski definition) is 6. The number of amides is 1. The zero-order valence-corrected chi connectivity index (χ0v) is 9.35. The largest absolute Gasteiger partial charge is 0.394 e. The molecule has 6 atom stereocenters. The number of hydrogen-bond acceptors (Lipinski definition) is 7. The molecule has 1 saturated heterocycles. The summed E-state index contributed by atoms with van der Waals surface area (Å²) in [6.07, 6.45) is -5.46.